The van der Waals surface area contributed by atoms with Gasteiger partial charge in [0.1, 0.15) is 5.41 Å². The third-order valence-corrected chi connectivity index (χ3v) is 6.31. The van der Waals surface area contributed by atoms with Gasteiger partial charge in [-0.2, -0.15) is 5.26 Å². The zero-order valence-corrected chi connectivity index (χ0v) is 15.3. The summed E-state index contributed by atoms with van der Waals surface area (Å²) in [6.07, 6.45) is 3.39. The fraction of sp³-hybridized carbons (Fsp3) is 0.619. The molecule has 4 fully saturated rings. The highest BCUT2D eigenvalue weighted by molar-refractivity contribution is 5.85. The predicted molar refractivity (Wildman–Crippen MR) is 98.0 cm³/mol. The van der Waals surface area contributed by atoms with Crippen molar-refractivity contribution in [1.82, 2.24) is 9.80 Å². The van der Waals surface area contributed by atoms with Crippen molar-refractivity contribution in [2.75, 3.05) is 32.8 Å². The van der Waals surface area contributed by atoms with Crippen LogP contribution in [0.5, 0.6) is 0 Å². The van der Waals surface area contributed by atoms with E-state index in [4.69, 9.17) is 4.74 Å². The van der Waals surface area contributed by atoms with Gasteiger partial charge in [0.05, 0.1) is 6.07 Å². The first-order valence-corrected chi connectivity index (χ1v) is 9.76. The van der Waals surface area contributed by atoms with Crippen LogP contribution in [0.4, 0.5) is 0 Å². The van der Waals surface area contributed by atoms with E-state index < -0.39 is 5.41 Å². The summed E-state index contributed by atoms with van der Waals surface area (Å²) < 4.78 is 5.40. The van der Waals surface area contributed by atoms with Crippen molar-refractivity contribution >= 4 is 5.91 Å². The van der Waals surface area contributed by atoms with Gasteiger partial charge in [0, 0.05) is 45.4 Å². The second kappa shape index (κ2) is 7.38. The van der Waals surface area contributed by atoms with Crippen LogP contribution < -0.4 is 0 Å². The molecule has 4 aliphatic rings. The number of carbonyl (C=O) groups excluding carboxylic acids is 1. The van der Waals surface area contributed by atoms with Gasteiger partial charge in [0.2, 0.25) is 5.91 Å². The summed E-state index contributed by atoms with van der Waals surface area (Å²) in [7, 11) is 0. The Morgan fingerprint density at radius 3 is 2.65 bits per heavy atom. The van der Waals surface area contributed by atoms with E-state index in [1.807, 2.05) is 11.0 Å². The lowest BCUT2D eigenvalue weighted by Gasteiger charge is -2.36. The number of fused-ring (bicyclic) bond motifs is 4. The molecule has 2 atom stereocenters. The lowest BCUT2D eigenvalue weighted by Crippen LogP contribution is -2.49. The van der Waals surface area contributed by atoms with Crippen molar-refractivity contribution < 1.29 is 9.53 Å². The molecule has 5 nitrogen and oxygen atoms in total. The number of piperidine rings is 1. The van der Waals surface area contributed by atoms with E-state index in [9.17, 15) is 10.1 Å². The standard InChI is InChI=1S/C21H27N3O2/c22-16-21(8-10-26-11-9-21)20(25)24-14-18-6-7-19(15-24)23(13-18)12-17-4-2-1-3-5-17/h1-5,18-19H,6-15H2/t18-,19-/m1/s1. The van der Waals surface area contributed by atoms with Gasteiger partial charge in [-0.15, -0.1) is 0 Å². The van der Waals surface area contributed by atoms with Gasteiger partial charge in [-0.05, 0) is 37.2 Å². The van der Waals surface area contributed by atoms with Crippen molar-refractivity contribution in [2.24, 2.45) is 11.3 Å². The van der Waals surface area contributed by atoms with Crippen molar-refractivity contribution in [3.05, 3.63) is 35.9 Å². The van der Waals surface area contributed by atoms with Gasteiger partial charge in [0.25, 0.3) is 0 Å². The van der Waals surface area contributed by atoms with Crippen molar-refractivity contribution in [1.29, 1.82) is 5.26 Å². The van der Waals surface area contributed by atoms with Crippen molar-refractivity contribution in [3.8, 4) is 6.07 Å². The molecule has 0 unspecified atom stereocenters. The minimum atomic E-state index is -0.869. The average molecular weight is 353 g/mol. The van der Waals surface area contributed by atoms with Gasteiger partial charge >= 0.3 is 0 Å². The van der Waals surface area contributed by atoms with Crippen LogP contribution in [0.15, 0.2) is 30.3 Å². The van der Waals surface area contributed by atoms with Crippen molar-refractivity contribution in [3.63, 3.8) is 0 Å². The van der Waals surface area contributed by atoms with E-state index in [0.29, 0.717) is 38.0 Å². The number of nitrogens with zero attached hydrogens (tertiary/aromatic N) is 3. The van der Waals surface area contributed by atoms with Crippen LogP contribution in [0.1, 0.15) is 31.2 Å². The molecule has 1 amide bonds. The Bertz CT molecular complexity index is 678. The highest BCUT2D eigenvalue weighted by Crippen LogP contribution is 2.35. The van der Waals surface area contributed by atoms with Crippen LogP contribution in [0.2, 0.25) is 0 Å². The Labute approximate surface area is 155 Å². The van der Waals surface area contributed by atoms with Gasteiger partial charge in [0.15, 0.2) is 0 Å². The number of amides is 1. The van der Waals surface area contributed by atoms with Crippen LogP contribution in [0.25, 0.3) is 0 Å². The maximum atomic E-state index is 13.3. The molecule has 4 heterocycles. The molecule has 0 N–H and O–H groups in total. The minimum Gasteiger partial charge on any atom is -0.381 e. The van der Waals surface area contributed by atoms with Gasteiger partial charge in [-0.25, -0.2) is 0 Å². The largest absolute Gasteiger partial charge is 0.381 e. The average Bonchev–Trinajstić information content (AvgIpc) is 3.00. The molecule has 138 valence electrons. The lowest BCUT2D eigenvalue weighted by atomic mass is 9.80. The van der Waals surface area contributed by atoms with Crippen LogP contribution in [0, 0.1) is 22.7 Å². The molecular weight excluding hydrogens is 326 g/mol. The molecule has 0 spiro atoms. The second-order valence-electron chi connectivity index (χ2n) is 8.03. The van der Waals surface area contributed by atoms with Crippen LogP contribution in [-0.4, -0.2) is 54.6 Å². The first-order chi connectivity index (χ1) is 12.7. The molecule has 5 heteroatoms. The molecule has 2 bridgehead atoms. The SMILES string of the molecule is N#CC1(C(=O)N2C[C@@H]3CC[C@H](C2)N(Cc2ccccc2)C3)CCOCC1. The number of carbonyl (C=O) groups is 1. The summed E-state index contributed by atoms with van der Waals surface area (Å²) >= 11 is 0. The highest BCUT2D eigenvalue weighted by Gasteiger charge is 2.46. The minimum absolute atomic E-state index is 0.0433. The fourth-order valence-corrected chi connectivity index (χ4v) is 4.75. The Kier molecular flexibility index (Phi) is 4.97. The maximum absolute atomic E-state index is 13.3. The van der Waals surface area contributed by atoms with E-state index in [1.165, 1.54) is 12.0 Å². The number of hydrogen-bond acceptors (Lipinski definition) is 4. The van der Waals surface area contributed by atoms with Crippen LogP contribution in [0.3, 0.4) is 0 Å². The molecule has 0 radical (unpaired) electrons. The molecule has 4 saturated heterocycles. The molecule has 4 aliphatic heterocycles. The first-order valence-electron chi connectivity index (χ1n) is 9.76. The number of nitriles is 1. The normalized spacial score (nSPS) is 28.3. The smallest absolute Gasteiger partial charge is 0.243 e. The third kappa shape index (κ3) is 3.36. The van der Waals surface area contributed by atoms with Crippen LogP contribution in [-0.2, 0) is 16.1 Å². The van der Waals surface area contributed by atoms with Gasteiger partial charge in [-0.1, -0.05) is 30.3 Å². The number of ether oxygens (including phenoxy) is 1. The van der Waals surface area contributed by atoms with E-state index in [2.05, 4.69) is 35.2 Å². The first kappa shape index (κ1) is 17.5. The van der Waals surface area contributed by atoms with Gasteiger partial charge in [-0.3, -0.25) is 9.69 Å². The summed E-state index contributed by atoms with van der Waals surface area (Å²) in [4.78, 5) is 17.8. The Hall–Kier alpha value is -1.90. The number of hydrogen-bond donors (Lipinski definition) is 0. The molecule has 0 saturated carbocycles. The van der Waals surface area contributed by atoms with Crippen molar-refractivity contribution in [2.45, 2.75) is 38.3 Å². The van der Waals surface area contributed by atoms with Crippen LogP contribution >= 0.6 is 0 Å². The fourth-order valence-electron chi connectivity index (χ4n) is 4.75. The van der Waals surface area contributed by atoms with E-state index in [1.54, 1.807) is 0 Å². The lowest BCUT2D eigenvalue weighted by molar-refractivity contribution is -0.143. The maximum Gasteiger partial charge on any atom is 0.243 e. The van der Waals surface area contributed by atoms with E-state index >= 15 is 0 Å². The van der Waals surface area contributed by atoms with E-state index in [0.717, 1.165) is 32.6 Å². The Morgan fingerprint density at radius 2 is 1.92 bits per heavy atom. The molecule has 1 aromatic rings. The molecule has 0 aromatic heterocycles. The predicted octanol–water partition coefficient (Wildman–Crippen LogP) is 2.43. The molecule has 0 aliphatic carbocycles. The topological polar surface area (TPSA) is 56.6 Å². The zero-order valence-electron chi connectivity index (χ0n) is 15.3. The monoisotopic (exact) mass is 353 g/mol. The summed E-state index contributed by atoms with van der Waals surface area (Å²) in [5, 5.41) is 9.74. The molecular formula is C21H27N3O2. The molecule has 26 heavy (non-hydrogen) atoms. The second-order valence-corrected chi connectivity index (χ2v) is 8.03. The third-order valence-electron chi connectivity index (χ3n) is 6.31. The summed E-state index contributed by atoms with van der Waals surface area (Å²) in [6.45, 7) is 4.57. The quantitative estimate of drug-likeness (QED) is 0.837. The summed E-state index contributed by atoms with van der Waals surface area (Å²) in [5.74, 6) is 0.554. The molecule has 1 aromatic carbocycles. The van der Waals surface area contributed by atoms with Gasteiger partial charge < -0.3 is 9.64 Å². The van der Waals surface area contributed by atoms with E-state index in [-0.39, 0.29) is 5.91 Å². The Balaban J connectivity index is 1.49. The Morgan fingerprint density at radius 1 is 1.15 bits per heavy atom. The molecule has 5 rings (SSSR count). The summed E-state index contributed by atoms with van der Waals surface area (Å²) in [6, 6.07) is 13.3. The highest BCUT2D eigenvalue weighted by atomic mass is 16.5. The summed E-state index contributed by atoms with van der Waals surface area (Å²) in [5.41, 5.74) is 0.461. The number of benzene rings is 1. The zero-order chi connectivity index (χ0) is 18.0. The number of rotatable bonds is 3.